The van der Waals surface area contributed by atoms with E-state index in [0.717, 1.165) is 37.1 Å². The third-order valence-electron chi connectivity index (χ3n) is 2.15. The molecule has 5 nitrogen and oxygen atoms in total. The van der Waals surface area contributed by atoms with Gasteiger partial charge in [-0.05, 0) is 25.7 Å². The number of aryl methyl sites for hydroxylation is 2. The number of carboxylic acids is 1. The van der Waals surface area contributed by atoms with E-state index in [4.69, 9.17) is 0 Å². The zero-order valence-corrected chi connectivity index (χ0v) is 8.19. The number of aliphatic carboxylic acids is 1. The summed E-state index contributed by atoms with van der Waals surface area (Å²) in [5.74, 6) is -1.15. The van der Waals surface area contributed by atoms with E-state index in [1.807, 2.05) is 0 Å². The normalized spacial score (nSPS) is 14.3. The molecule has 1 heterocycles. The van der Waals surface area contributed by atoms with Crippen molar-refractivity contribution in [2.75, 3.05) is 0 Å². The van der Waals surface area contributed by atoms with Gasteiger partial charge in [0.1, 0.15) is 6.54 Å². The van der Waals surface area contributed by atoms with Crippen LogP contribution in [0.15, 0.2) is 0 Å². The quantitative estimate of drug-likeness (QED) is 0.441. The summed E-state index contributed by atoms with van der Waals surface area (Å²) in [6.07, 6.45) is 4.08. The molecule has 0 aliphatic heterocycles. The zero-order valence-electron chi connectivity index (χ0n) is 8.19. The fraction of sp³-hybridized carbons (Fsp3) is 0.625. The Morgan fingerprint density at radius 3 is 2.21 bits per heavy atom. The Morgan fingerprint density at radius 1 is 1.29 bits per heavy atom. The van der Waals surface area contributed by atoms with Crippen molar-refractivity contribution in [2.24, 2.45) is 0 Å². The first-order chi connectivity index (χ1) is 6.25. The zero-order chi connectivity index (χ0) is 9.26. The number of carboxylic acid groups (broad SMARTS) is 1. The van der Waals surface area contributed by atoms with Gasteiger partial charge in [-0.2, -0.15) is 15.0 Å². The smallest absolute Gasteiger partial charge is 0.548 e. The Morgan fingerprint density at radius 2 is 1.79 bits per heavy atom. The summed E-state index contributed by atoms with van der Waals surface area (Å²) < 4.78 is 0. The molecule has 0 atom stereocenters. The number of hydrogen-bond donors (Lipinski definition) is 0. The Bertz CT molecular complexity index is 314. The molecule has 0 radical (unpaired) electrons. The summed E-state index contributed by atoms with van der Waals surface area (Å²) >= 11 is 0. The number of aromatic nitrogens is 3. The average Bonchev–Trinajstić information content (AvgIpc) is 2.44. The van der Waals surface area contributed by atoms with Gasteiger partial charge in [0.05, 0.1) is 17.4 Å². The van der Waals surface area contributed by atoms with Gasteiger partial charge in [-0.15, -0.1) is 0 Å². The van der Waals surface area contributed by atoms with Crippen LogP contribution in [0.5, 0.6) is 0 Å². The Labute approximate surface area is 93.7 Å². The van der Waals surface area contributed by atoms with Crippen LogP contribution in [-0.4, -0.2) is 21.0 Å². The average molecular weight is 187 g/mol. The molecule has 14 heavy (non-hydrogen) atoms. The maximum absolute atomic E-state index is 10.3. The van der Waals surface area contributed by atoms with Gasteiger partial charge in [-0.3, -0.25) is 0 Å². The standard InChI is InChI=1S/C8H11N3O2.Li/c12-8(13)5-11-9-6-3-1-2-4-7(6)10-11;/h1-5H2,(H,12,13);/q;+1/p-1. The van der Waals surface area contributed by atoms with Crippen molar-refractivity contribution in [1.29, 1.82) is 0 Å². The summed E-state index contributed by atoms with van der Waals surface area (Å²) in [7, 11) is 0. The van der Waals surface area contributed by atoms with Crippen molar-refractivity contribution in [2.45, 2.75) is 32.2 Å². The van der Waals surface area contributed by atoms with Gasteiger partial charge in [-0.1, -0.05) is 0 Å². The molecular formula is C8H10LiN3O2. The fourth-order valence-electron chi connectivity index (χ4n) is 1.58. The maximum Gasteiger partial charge on any atom is 1.00 e. The molecule has 1 aromatic rings. The molecule has 0 amide bonds. The van der Waals surface area contributed by atoms with E-state index in [1.165, 1.54) is 4.80 Å². The van der Waals surface area contributed by atoms with Gasteiger partial charge >= 0.3 is 18.9 Å². The molecule has 0 aromatic carbocycles. The first-order valence-corrected chi connectivity index (χ1v) is 4.38. The summed E-state index contributed by atoms with van der Waals surface area (Å²) in [5.41, 5.74) is 1.90. The van der Waals surface area contributed by atoms with Crippen LogP contribution in [0.3, 0.4) is 0 Å². The molecular weight excluding hydrogens is 177 g/mol. The first kappa shape index (κ1) is 11.3. The Kier molecular flexibility index (Phi) is 3.73. The number of carbonyl (C=O) groups excluding carboxylic acids is 1. The monoisotopic (exact) mass is 187 g/mol. The number of hydrogen-bond acceptors (Lipinski definition) is 4. The van der Waals surface area contributed by atoms with Gasteiger partial charge in [0.25, 0.3) is 0 Å². The van der Waals surface area contributed by atoms with E-state index >= 15 is 0 Å². The van der Waals surface area contributed by atoms with E-state index in [-0.39, 0.29) is 25.4 Å². The molecule has 0 spiro atoms. The SMILES string of the molecule is O=C([O-])Cn1nc2c(n1)CCCC2.[Li+]. The summed E-state index contributed by atoms with van der Waals surface area (Å²) in [6.45, 7) is -0.243. The van der Waals surface area contributed by atoms with Crippen LogP contribution < -0.4 is 24.0 Å². The molecule has 6 heteroatoms. The van der Waals surface area contributed by atoms with Crippen molar-refractivity contribution in [3.63, 3.8) is 0 Å². The molecule has 0 N–H and O–H groups in total. The number of nitrogens with zero attached hydrogens (tertiary/aromatic N) is 3. The van der Waals surface area contributed by atoms with Crippen molar-refractivity contribution in [3.05, 3.63) is 11.4 Å². The van der Waals surface area contributed by atoms with Crippen LogP contribution in [-0.2, 0) is 24.2 Å². The molecule has 70 valence electrons. The molecule has 0 saturated heterocycles. The molecule has 1 aromatic heterocycles. The van der Waals surface area contributed by atoms with E-state index in [2.05, 4.69) is 10.2 Å². The molecule has 0 saturated carbocycles. The fourth-order valence-corrected chi connectivity index (χ4v) is 1.58. The third kappa shape index (κ3) is 2.37. The van der Waals surface area contributed by atoms with Crippen LogP contribution in [0, 0.1) is 0 Å². The molecule has 2 rings (SSSR count). The van der Waals surface area contributed by atoms with Gasteiger partial charge in [0.2, 0.25) is 0 Å². The molecule has 0 fully saturated rings. The number of fused-ring (bicyclic) bond motifs is 1. The minimum absolute atomic E-state index is 0. The third-order valence-corrected chi connectivity index (χ3v) is 2.15. The van der Waals surface area contributed by atoms with Gasteiger partial charge in [0, 0.05) is 0 Å². The number of rotatable bonds is 2. The number of carbonyl (C=O) groups is 1. The van der Waals surface area contributed by atoms with Crippen LogP contribution in [0.2, 0.25) is 0 Å². The second-order valence-corrected chi connectivity index (χ2v) is 3.20. The summed E-state index contributed by atoms with van der Waals surface area (Å²) in [4.78, 5) is 11.5. The second kappa shape index (κ2) is 4.63. The van der Waals surface area contributed by atoms with Crippen molar-refractivity contribution >= 4 is 5.97 Å². The molecule has 1 aliphatic carbocycles. The van der Waals surface area contributed by atoms with Crippen LogP contribution in [0.4, 0.5) is 0 Å². The topological polar surface area (TPSA) is 70.8 Å². The molecule has 0 unspecified atom stereocenters. The Hall–Kier alpha value is -0.793. The van der Waals surface area contributed by atoms with Crippen LogP contribution in [0.25, 0.3) is 0 Å². The van der Waals surface area contributed by atoms with Crippen molar-refractivity contribution in [3.8, 4) is 0 Å². The molecule has 1 aliphatic rings. The summed E-state index contributed by atoms with van der Waals surface area (Å²) in [6, 6.07) is 0. The second-order valence-electron chi connectivity index (χ2n) is 3.20. The maximum atomic E-state index is 10.3. The van der Waals surface area contributed by atoms with Crippen molar-refractivity contribution < 1.29 is 28.8 Å². The van der Waals surface area contributed by atoms with Crippen molar-refractivity contribution in [1.82, 2.24) is 15.0 Å². The van der Waals surface area contributed by atoms with Gasteiger partial charge < -0.3 is 9.90 Å². The Balaban J connectivity index is 0.000000980. The largest absolute Gasteiger partial charge is 1.00 e. The van der Waals surface area contributed by atoms with E-state index in [0.29, 0.717) is 0 Å². The summed E-state index contributed by atoms with van der Waals surface area (Å²) in [5, 5.41) is 18.4. The predicted octanol–water partition coefficient (Wildman–Crippen LogP) is -4.09. The minimum atomic E-state index is -1.15. The van der Waals surface area contributed by atoms with E-state index < -0.39 is 5.97 Å². The van der Waals surface area contributed by atoms with E-state index in [1.54, 1.807) is 0 Å². The van der Waals surface area contributed by atoms with Gasteiger partial charge in [-0.25, -0.2) is 0 Å². The van der Waals surface area contributed by atoms with Crippen LogP contribution in [0.1, 0.15) is 24.2 Å². The van der Waals surface area contributed by atoms with E-state index in [9.17, 15) is 9.90 Å². The molecule has 0 bridgehead atoms. The van der Waals surface area contributed by atoms with Gasteiger partial charge in [0.15, 0.2) is 0 Å². The minimum Gasteiger partial charge on any atom is -0.548 e. The first-order valence-electron chi connectivity index (χ1n) is 4.38. The predicted molar refractivity (Wildman–Crippen MR) is 41.7 cm³/mol. The van der Waals surface area contributed by atoms with Crippen LogP contribution >= 0.6 is 0 Å².